The first-order valence-electron chi connectivity index (χ1n) is 7.06. The van der Waals surface area contributed by atoms with E-state index in [-0.39, 0.29) is 24.9 Å². The zero-order valence-electron chi connectivity index (χ0n) is 11.4. The second-order valence-electron chi connectivity index (χ2n) is 5.71. The summed E-state index contributed by atoms with van der Waals surface area (Å²) in [5.74, 6) is -1.12. The van der Waals surface area contributed by atoms with E-state index >= 15 is 0 Å². The van der Waals surface area contributed by atoms with Crippen molar-refractivity contribution in [3.05, 3.63) is 0 Å². The molecule has 0 heterocycles. The summed E-state index contributed by atoms with van der Waals surface area (Å²) in [6, 6.07) is -0.209. The Morgan fingerprint density at radius 1 is 1.15 bits per heavy atom. The smallest absolute Gasteiger partial charge is 0.315 e. The van der Waals surface area contributed by atoms with E-state index < -0.39 is 17.5 Å². The minimum Gasteiger partial charge on any atom is -0.481 e. The van der Waals surface area contributed by atoms with Gasteiger partial charge in [-0.05, 0) is 25.7 Å². The van der Waals surface area contributed by atoms with Crippen LogP contribution >= 0.6 is 0 Å². The van der Waals surface area contributed by atoms with Gasteiger partial charge in [-0.3, -0.25) is 9.59 Å². The lowest BCUT2D eigenvalue weighted by atomic mass is 9.93. The number of amides is 3. The highest BCUT2D eigenvalue weighted by Crippen LogP contribution is 2.32. The van der Waals surface area contributed by atoms with Gasteiger partial charge in [0.05, 0.1) is 18.5 Å². The van der Waals surface area contributed by atoms with Crippen molar-refractivity contribution in [1.29, 1.82) is 0 Å². The minimum absolute atomic E-state index is 0.0747. The average molecular weight is 283 g/mol. The van der Waals surface area contributed by atoms with Crippen LogP contribution in [0.15, 0.2) is 0 Å². The number of carboxylic acid groups (broad SMARTS) is 1. The first kappa shape index (κ1) is 14.6. The number of urea groups is 1. The quantitative estimate of drug-likeness (QED) is 0.564. The molecule has 4 N–H and O–H groups in total. The zero-order chi connectivity index (χ0) is 14.6. The lowest BCUT2D eigenvalue weighted by Crippen LogP contribution is -2.53. The lowest BCUT2D eigenvalue weighted by molar-refractivity contribution is -0.138. The Morgan fingerprint density at radius 3 is 2.35 bits per heavy atom. The number of nitrogens with one attached hydrogen (secondary N) is 3. The maximum atomic E-state index is 11.8. The van der Waals surface area contributed by atoms with E-state index in [1.165, 1.54) is 0 Å². The SMILES string of the molecule is O=C(O)CC1(NC(=O)NCC(=O)NC2CC2)CCCC1. The molecule has 0 spiro atoms. The predicted molar refractivity (Wildman–Crippen MR) is 71.2 cm³/mol. The monoisotopic (exact) mass is 283 g/mol. The first-order valence-corrected chi connectivity index (χ1v) is 7.06. The number of rotatable bonds is 6. The second kappa shape index (κ2) is 6.11. The van der Waals surface area contributed by atoms with Crippen LogP contribution in [0.2, 0.25) is 0 Å². The Morgan fingerprint density at radius 2 is 1.80 bits per heavy atom. The molecule has 7 nitrogen and oxygen atoms in total. The van der Waals surface area contributed by atoms with Crippen LogP contribution in [0.5, 0.6) is 0 Å². The van der Waals surface area contributed by atoms with Crippen molar-refractivity contribution in [1.82, 2.24) is 16.0 Å². The summed E-state index contributed by atoms with van der Waals surface area (Å²) in [6.07, 6.45) is 5.08. The summed E-state index contributed by atoms with van der Waals surface area (Å²) in [4.78, 5) is 34.1. The molecule has 2 saturated carbocycles. The molecule has 0 saturated heterocycles. The van der Waals surface area contributed by atoms with Crippen LogP contribution in [0.1, 0.15) is 44.9 Å². The van der Waals surface area contributed by atoms with E-state index in [9.17, 15) is 14.4 Å². The summed E-state index contributed by atoms with van der Waals surface area (Å²) in [7, 11) is 0. The predicted octanol–water partition coefficient (Wildman–Crippen LogP) is 0.352. The molecule has 3 amide bonds. The van der Waals surface area contributed by atoms with Gasteiger partial charge in [-0.2, -0.15) is 0 Å². The van der Waals surface area contributed by atoms with Gasteiger partial charge in [0.2, 0.25) is 5.91 Å². The summed E-state index contributed by atoms with van der Waals surface area (Å²) in [5.41, 5.74) is -0.664. The van der Waals surface area contributed by atoms with Crippen LogP contribution in [0.3, 0.4) is 0 Å². The molecule has 0 aromatic heterocycles. The van der Waals surface area contributed by atoms with Crippen molar-refractivity contribution in [2.45, 2.75) is 56.5 Å². The van der Waals surface area contributed by atoms with E-state index in [2.05, 4.69) is 16.0 Å². The topological polar surface area (TPSA) is 108 Å². The summed E-state index contributed by atoms with van der Waals surface area (Å²) >= 11 is 0. The molecule has 0 radical (unpaired) electrons. The van der Waals surface area contributed by atoms with Gasteiger partial charge in [-0.25, -0.2) is 4.79 Å². The zero-order valence-corrected chi connectivity index (χ0v) is 11.4. The minimum atomic E-state index is -0.918. The van der Waals surface area contributed by atoms with Crippen molar-refractivity contribution in [2.75, 3.05) is 6.54 Å². The highest BCUT2D eigenvalue weighted by molar-refractivity contribution is 5.84. The highest BCUT2D eigenvalue weighted by atomic mass is 16.4. The van der Waals surface area contributed by atoms with Crippen molar-refractivity contribution in [3.63, 3.8) is 0 Å². The van der Waals surface area contributed by atoms with Gasteiger partial charge in [0, 0.05) is 6.04 Å². The molecule has 2 rings (SSSR count). The van der Waals surface area contributed by atoms with Crippen molar-refractivity contribution < 1.29 is 19.5 Å². The molecule has 0 bridgehead atoms. The number of carboxylic acids is 1. The Labute approximate surface area is 117 Å². The van der Waals surface area contributed by atoms with Crippen LogP contribution in [-0.4, -0.2) is 41.1 Å². The molecule has 7 heteroatoms. The molecule has 0 aromatic carbocycles. The molecule has 0 atom stereocenters. The molecule has 20 heavy (non-hydrogen) atoms. The summed E-state index contributed by atoms with van der Waals surface area (Å²) < 4.78 is 0. The molecule has 2 fully saturated rings. The Bertz CT molecular complexity index is 400. The number of carbonyl (C=O) groups is 3. The highest BCUT2D eigenvalue weighted by Gasteiger charge is 2.37. The van der Waals surface area contributed by atoms with Crippen molar-refractivity contribution in [3.8, 4) is 0 Å². The summed E-state index contributed by atoms with van der Waals surface area (Å²) in [6.45, 7) is -0.0779. The van der Waals surface area contributed by atoms with Gasteiger partial charge in [0.15, 0.2) is 0 Å². The molecule has 2 aliphatic rings. The maximum absolute atomic E-state index is 11.8. The van der Waals surface area contributed by atoms with Gasteiger partial charge >= 0.3 is 12.0 Å². The third-order valence-electron chi connectivity index (χ3n) is 3.78. The lowest BCUT2D eigenvalue weighted by Gasteiger charge is -2.28. The van der Waals surface area contributed by atoms with Gasteiger partial charge in [0.25, 0.3) is 0 Å². The van der Waals surface area contributed by atoms with E-state index in [0.717, 1.165) is 25.7 Å². The van der Waals surface area contributed by atoms with Crippen LogP contribution in [0.25, 0.3) is 0 Å². The van der Waals surface area contributed by atoms with Gasteiger partial charge < -0.3 is 21.1 Å². The number of carbonyl (C=O) groups excluding carboxylic acids is 2. The molecular weight excluding hydrogens is 262 g/mol. The molecule has 112 valence electrons. The number of aliphatic carboxylic acids is 1. The van der Waals surface area contributed by atoms with Crippen LogP contribution in [0.4, 0.5) is 4.79 Å². The fourth-order valence-electron chi connectivity index (χ4n) is 2.64. The second-order valence-corrected chi connectivity index (χ2v) is 5.71. The van der Waals surface area contributed by atoms with E-state index in [0.29, 0.717) is 12.8 Å². The third kappa shape index (κ3) is 4.40. The van der Waals surface area contributed by atoms with E-state index in [1.807, 2.05) is 0 Å². The van der Waals surface area contributed by atoms with E-state index in [1.54, 1.807) is 0 Å². The summed E-state index contributed by atoms with van der Waals surface area (Å²) in [5, 5.41) is 16.9. The Kier molecular flexibility index (Phi) is 4.46. The number of hydrogen-bond donors (Lipinski definition) is 4. The first-order chi connectivity index (χ1) is 9.49. The third-order valence-corrected chi connectivity index (χ3v) is 3.78. The standard InChI is InChI=1S/C13H21N3O4/c17-10(15-9-3-4-9)8-14-12(20)16-13(7-11(18)19)5-1-2-6-13/h9H,1-8H2,(H,15,17)(H,18,19)(H2,14,16,20). The van der Waals surface area contributed by atoms with Crippen molar-refractivity contribution >= 4 is 17.9 Å². The van der Waals surface area contributed by atoms with Crippen LogP contribution < -0.4 is 16.0 Å². The molecular formula is C13H21N3O4. The van der Waals surface area contributed by atoms with E-state index in [4.69, 9.17) is 5.11 Å². The van der Waals surface area contributed by atoms with Crippen molar-refractivity contribution in [2.24, 2.45) is 0 Å². The normalized spacial score (nSPS) is 20.2. The van der Waals surface area contributed by atoms with Gasteiger partial charge in [-0.15, -0.1) is 0 Å². The Hall–Kier alpha value is -1.79. The number of hydrogen-bond acceptors (Lipinski definition) is 3. The molecule has 0 aliphatic heterocycles. The fourth-order valence-corrected chi connectivity index (χ4v) is 2.64. The largest absolute Gasteiger partial charge is 0.481 e. The Balaban J connectivity index is 1.76. The fraction of sp³-hybridized carbons (Fsp3) is 0.769. The molecule has 2 aliphatic carbocycles. The average Bonchev–Trinajstić information content (AvgIpc) is 3.05. The van der Waals surface area contributed by atoms with Crippen LogP contribution in [0, 0.1) is 0 Å². The van der Waals surface area contributed by atoms with Gasteiger partial charge in [-0.1, -0.05) is 12.8 Å². The van der Waals surface area contributed by atoms with Crippen LogP contribution in [-0.2, 0) is 9.59 Å². The maximum Gasteiger partial charge on any atom is 0.315 e. The molecule has 0 unspecified atom stereocenters. The van der Waals surface area contributed by atoms with Gasteiger partial charge in [0.1, 0.15) is 0 Å². The molecule has 0 aromatic rings.